The van der Waals surface area contributed by atoms with E-state index in [1.165, 1.54) is 33.4 Å². The molecule has 3 heterocycles. The van der Waals surface area contributed by atoms with Gasteiger partial charge in [-0.3, -0.25) is 0 Å². The van der Waals surface area contributed by atoms with Crippen LogP contribution in [-0.2, 0) is 0 Å². The lowest BCUT2D eigenvalue weighted by molar-refractivity contribution is 0.261. The van der Waals surface area contributed by atoms with Crippen molar-refractivity contribution in [3.05, 3.63) is 162 Å². The highest BCUT2D eigenvalue weighted by molar-refractivity contribution is 6.03. The van der Waals surface area contributed by atoms with E-state index in [0.29, 0.717) is 17.7 Å². The molecule has 1 saturated carbocycles. The van der Waals surface area contributed by atoms with Crippen molar-refractivity contribution in [2.24, 2.45) is 17.3 Å². The maximum absolute atomic E-state index is 7.07. The first kappa shape index (κ1) is 26.7. The van der Waals surface area contributed by atoms with Crippen LogP contribution in [0.3, 0.4) is 0 Å². The van der Waals surface area contributed by atoms with Crippen LogP contribution < -0.4 is 9.64 Å². The van der Waals surface area contributed by atoms with Gasteiger partial charge in [-0.1, -0.05) is 135 Å². The third kappa shape index (κ3) is 3.70. The monoisotopic (exact) mass is 607 g/mol. The molecule has 226 valence electrons. The zero-order valence-electron chi connectivity index (χ0n) is 26.3. The first-order valence-corrected chi connectivity index (χ1v) is 16.6. The Kier molecular flexibility index (Phi) is 5.55. The molecule has 4 aromatic carbocycles. The molecule has 10 rings (SSSR count). The maximum Gasteiger partial charge on any atom is 0.162 e. The highest BCUT2D eigenvalue weighted by Crippen LogP contribution is 2.67. The number of hydrogen-bond donors (Lipinski definition) is 0. The summed E-state index contributed by atoms with van der Waals surface area (Å²) >= 11 is 0. The van der Waals surface area contributed by atoms with E-state index in [1.807, 2.05) is 12.1 Å². The van der Waals surface area contributed by atoms with Gasteiger partial charge in [-0.15, -0.1) is 0 Å². The van der Waals surface area contributed by atoms with Crippen molar-refractivity contribution in [3.63, 3.8) is 0 Å². The van der Waals surface area contributed by atoms with Crippen LogP contribution in [0.5, 0.6) is 5.75 Å². The van der Waals surface area contributed by atoms with Crippen molar-refractivity contribution in [3.8, 4) is 28.4 Å². The van der Waals surface area contributed by atoms with Crippen LogP contribution in [0.1, 0.15) is 25.0 Å². The average molecular weight is 608 g/mol. The zero-order chi connectivity index (χ0) is 31.3. The van der Waals surface area contributed by atoms with Crippen LogP contribution in [0.25, 0.3) is 33.8 Å². The predicted octanol–water partition coefficient (Wildman–Crippen LogP) is 9.71. The van der Waals surface area contributed by atoms with E-state index in [4.69, 9.17) is 14.7 Å². The fourth-order valence-electron chi connectivity index (χ4n) is 8.94. The van der Waals surface area contributed by atoms with Crippen molar-refractivity contribution < 1.29 is 4.74 Å². The highest BCUT2D eigenvalue weighted by Gasteiger charge is 2.59. The van der Waals surface area contributed by atoms with Crippen molar-refractivity contribution in [1.82, 2.24) is 9.97 Å². The van der Waals surface area contributed by atoms with Crippen molar-refractivity contribution in [2.45, 2.75) is 26.0 Å². The summed E-state index contributed by atoms with van der Waals surface area (Å²) in [5, 5.41) is 0. The Balaban J connectivity index is 1.27. The number of fused-ring (bicyclic) bond motifs is 10. The van der Waals surface area contributed by atoms with Gasteiger partial charge in [-0.05, 0) is 40.2 Å². The van der Waals surface area contributed by atoms with Gasteiger partial charge >= 0.3 is 0 Å². The average Bonchev–Trinajstić information content (AvgIpc) is 3.75. The second-order valence-corrected chi connectivity index (χ2v) is 13.7. The molecule has 0 N–H and O–H groups in total. The van der Waals surface area contributed by atoms with Gasteiger partial charge in [0.1, 0.15) is 23.7 Å². The van der Waals surface area contributed by atoms with E-state index >= 15 is 0 Å². The molecule has 4 nitrogen and oxygen atoms in total. The number of hydrogen-bond acceptors (Lipinski definition) is 4. The van der Waals surface area contributed by atoms with Gasteiger partial charge < -0.3 is 9.64 Å². The summed E-state index contributed by atoms with van der Waals surface area (Å²) in [5.41, 5.74) is 12.2. The van der Waals surface area contributed by atoms with Gasteiger partial charge in [0.05, 0.1) is 11.4 Å². The molecule has 0 saturated heterocycles. The van der Waals surface area contributed by atoms with Gasteiger partial charge in [-0.2, -0.15) is 0 Å². The normalized spacial score (nSPS) is 23.9. The summed E-state index contributed by atoms with van der Waals surface area (Å²) < 4.78 is 7.07. The van der Waals surface area contributed by atoms with E-state index in [9.17, 15) is 0 Å². The Morgan fingerprint density at radius 3 is 2.15 bits per heavy atom. The molecular weight excluding hydrogens is 574 g/mol. The van der Waals surface area contributed by atoms with Crippen LogP contribution in [-0.4, -0.2) is 22.1 Å². The number of aromatic nitrogens is 2. The molecule has 0 spiro atoms. The Labute approximate surface area is 275 Å². The zero-order valence-corrected chi connectivity index (χ0v) is 26.3. The summed E-state index contributed by atoms with van der Waals surface area (Å²) in [6.45, 7) is 4.89. The minimum atomic E-state index is -0.183. The van der Waals surface area contributed by atoms with E-state index in [-0.39, 0.29) is 17.6 Å². The van der Waals surface area contributed by atoms with Crippen LogP contribution in [0.15, 0.2) is 151 Å². The number of para-hydroxylation sites is 2. The van der Waals surface area contributed by atoms with Crippen molar-refractivity contribution in [1.29, 1.82) is 0 Å². The van der Waals surface area contributed by atoms with E-state index < -0.39 is 0 Å². The van der Waals surface area contributed by atoms with Gasteiger partial charge in [0.25, 0.3) is 0 Å². The molecule has 1 fully saturated rings. The standard InChI is InChI=1S/C43H33N3O/c1-43(2)31-22-12-9-19-28(31)36-37-30-21-11-14-24-34(30)47-41(37)40-38(39(36)43)29-20-10-13-23-33(29)46(40)35-25-32(26-15-5-3-6-16-26)44-42(45-35)27-17-7-4-8-18-27/h3-25,28,31,40-41H,1-2H3. The molecule has 2 aliphatic heterocycles. The van der Waals surface area contributed by atoms with Crippen LogP contribution in [0, 0.1) is 17.3 Å². The minimum absolute atomic E-state index is 0.0798. The lowest BCUT2D eigenvalue weighted by Gasteiger charge is -2.38. The van der Waals surface area contributed by atoms with Gasteiger partial charge in [0, 0.05) is 39.8 Å². The second kappa shape index (κ2) is 9.76. The molecule has 1 aromatic heterocycles. The molecular formula is C43H33N3O. The molecule has 5 aromatic rings. The van der Waals surface area contributed by atoms with Gasteiger partial charge in [-0.25, -0.2) is 9.97 Å². The van der Waals surface area contributed by atoms with Crippen molar-refractivity contribution >= 4 is 22.7 Å². The fraction of sp³-hybridized carbons (Fsp3) is 0.163. The summed E-state index contributed by atoms with van der Waals surface area (Å²) in [4.78, 5) is 12.9. The summed E-state index contributed by atoms with van der Waals surface area (Å²) in [5.74, 6) is 3.23. The molecule has 47 heavy (non-hydrogen) atoms. The number of ether oxygens (including phenoxy) is 1. The lowest BCUT2D eigenvalue weighted by atomic mass is 9.71. The number of rotatable bonds is 3. The van der Waals surface area contributed by atoms with E-state index in [0.717, 1.165) is 34.1 Å². The number of allylic oxidation sites excluding steroid dienone is 6. The highest BCUT2D eigenvalue weighted by atomic mass is 16.5. The minimum Gasteiger partial charge on any atom is -0.483 e. The third-order valence-corrected chi connectivity index (χ3v) is 10.9. The maximum atomic E-state index is 7.07. The molecule has 0 bridgehead atoms. The van der Waals surface area contributed by atoms with E-state index in [2.05, 4.69) is 146 Å². The SMILES string of the molecule is CC1(C)C2=C3c4ccccc4N(c4cc(-c5ccccc5)nc(-c5ccccc5)n4)C3C3Oc4ccccc4C3=C2C2C=CC=CC21. The van der Waals surface area contributed by atoms with Gasteiger partial charge in [0.15, 0.2) is 5.82 Å². The Morgan fingerprint density at radius 2 is 1.34 bits per heavy atom. The quantitative estimate of drug-likeness (QED) is 0.205. The lowest BCUT2D eigenvalue weighted by Crippen LogP contribution is -2.43. The van der Waals surface area contributed by atoms with Crippen LogP contribution >= 0.6 is 0 Å². The van der Waals surface area contributed by atoms with Crippen LogP contribution in [0.4, 0.5) is 11.5 Å². The van der Waals surface area contributed by atoms with Crippen molar-refractivity contribution in [2.75, 3.05) is 4.90 Å². The number of anilines is 2. The summed E-state index contributed by atoms with van der Waals surface area (Å²) in [6, 6.07) is 40.3. The molecule has 3 aliphatic carbocycles. The first-order chi connectivity index (χ1) is 23.1. The smallest absolute Gasteiger partial charge is 0.162 e. The molecule has 0 amide bonds. The predicted molar refractivity (Wildman–Crippen MR) is 189 cm³/mol. The topological polar surface area (TPSA) is 38.2 Å². The number of nitrogens with zero attached hydrogens (tertiary/aromatic N) is 3. The molecule has 5 aliphatic rings. The second-order valence-electron chi connectivity index (χ2n) is 13.7. The largest absolute Gasteiger partial charge is 0.483 e. The van der Waals surface area contributed by atoms with Crippen LogP contribution in [0.2, 0.25) is 0 Å². The third-order valence-electron chi connectivity index (χ3n) is 10.9. The summed E-state index contributed by atoms with van der Waals surface area (Å²) in [6.07, 6.45) is 9.13. The fourth-order valence-corrected chi connectivity index (χ4v) is 8.94. The van der Waals surface area contributed by atoms with E-state index in [1.54, 1.807) is 0 Å². The molecule has 4 unspecified atom stereocenters. The first-order valence-electron chi connectivity index (χ1n) is 16.6. The Morgan fingerprint density at radius 1 is 0.660 bits per heavy atom. The Bertz CT molecular complexity index is 2170. The molecule has 0 radical (unpaired) electrons. The number of benzene rings is 4. The summed E-state index contributed by atoms with van der Waals surface area (Å²) in [7, 11) is 0. The van der Waals surface area contributed by atoms with Gasteiger partial charge in [0.2, 0.25) is 0 Å². The molecule has 4 atom stereocenters. The Hall–Kier alpha value is -5.48. The molecule has 4 heteroatoms.